The van der Waals surface area contributed by atoms with Gasteiger partial charge in [-0.05, 0) is 30.2 Å². The van der Waals surface area contributed by atoms with Crippen molar-refractivity contribution in [3.05, 3.63) is 68.8 Å². The summed E-state index contributed by atoms with van der Waals surface area (Å²) in [6, 6.07) is 7.16. The number of carbonyl (C=O) groups excluding carboxylic acids is 1. The zero-order valence-corrected chi connectivity index (χ0v) is 17.1. The van der Waals surface area contributed by atoms with Gasteiger partial charge in [0.05, 0.1) is 11.8 Å². The predicted octanol–water partition coefficient (Wildman–Crippen LogP) is 3.61. The van der Waals surface area contributed by atoms with Crippen molar-refractivity contribution < 1.29 is 9.18 Å². The van der Waals surface area contributed by atoms with Crippen LogP contribution in [0.3, 0.4) is 0 Å². The number of rotatable bonds is 6. The summed E-state index contributed by atoms with van der Waals surface area (Å²) in [5.74, 6) is -0.360. The first kappa shape index (κ1) is 20.7. The maximum absolute atomic E-state index is 13.4. The summed E-state index contributed by atoms with van der Waals surface area (Å²) in [5.41, 5.74) is 6.66. The fourth-order valence-corrected chi connectivity index (χ4v) is 3.75. The van der Waals surface area contributed by atoms with Crippen molar-refractivity contribution in [2.24, 2.45) is 12.8 Å². The molecule has 6 nitrogen and oxygen atoms in total. The average Bonchev–Trinajstić information content (AvgIpc) is 3.12. The molecule has 10 heteroatoms. The maximum atomic E-state index is 13.4. The summed E-state index contributed by atoms with van der Waals surface area (Å²) >= 11 is 18.8. The number of nitrogens with two attached hydrogens (primary N) is 1. The highest BCUT2D eigenvalue weighted by molar-refractivity contribution is 6.37. The molecule has 0 bridgehead atoms. The van der Waals surface area contributed by atoms with Crippen molar-refractivity contribution in [1.29, 1.82) is 0 Å². The molecule has 0 aliphatic rings. The first-order valence-electron chi connectivity index (χ1n) is 8.31. The van der Waals surface area contributed by atoms with Crippen LogP contribution >= 0.6 is 34.8 Å². The standard InChI is InChI=1S/C18H17Cl3FN5O/c1-26-18(14(19)9-24-26)27-15(20)7-13(16(27)21)17(28)25-12(8-23)6-10-3-2-4-11(22)5-10/h2-5,7,9,12H,6,8,23H2,1H3,(H,25,28)/t12-/m0/s1. The van der Waals surface area contributed by atoms with Crippen molar-refractivity contribution in [3.63, 3.8) is 0 Å². The Morgan fingerprint density at radius 3 is 2.68 bits per heavy atom. The van der Waals surface area contributed by atoms with Gasteiger partial charge in [0, 0.05) is 19.6 Å². The second kappa shape index (κ2) is 8.53. The van der Waals surface area contributed by atoms with E-state index in [1.165, 1.54) is 33.6 Å². The van der Waals surface area contributed by atoms with Gasteiger partial charge in [-0.15, -0.1) is 0 Å². The highest BCUT2D eigenvalue weighted by Crippen LogP contribution is 2.32. The van der Waals surface area contributed by atoms with Gasteiger partial charge in [0.15, 0.2) is 5.82 Å². The van der Waals surface area contributed by atoms with Crippen LogP contribution in [0.2, 0.25) is 15.3 Å². The molecule has 0 spiro atoms. The lowest BCUT2D eigenvalue weighted by Crippen LogP contribution is -2.41. The van der Waals surface area contributed by atoms with Gasteiger partial charge in [0.25, 0.3) is 5.91 Å². The van der Waals surface area contributed by atoms with E-state index in [4.69, 9.17) is 40.5 Å². The van der Waals surface area contributed by atoms with E-state index >= 15 is 0 Å². The number of aromatic nitrogens is 3. The minimum absolute atomic E-state index is 0.0922. The van der Waals surface area contributed by atoms with Crippen LogP contribution in [0.1, 0.15) is 15.9 Å². The maximum Gasteiger partial charge on any atom is 0.254 e. The Labute approximate surface area is 176 Å². The number of hydrogen-bond acceptors (Lipinski definition) is 3. The van der Waals surface area contributed by atoms with Crippen LogP contribution in [0.15, 0.2) is 36.5 Å². The van der Waals surface area contributed by atoms with E-state index in [1.54, 1.807) is 19.2 Å². The molecule has 0 radical (unpaired) electrons. The van der Waals surface area contributed by atoms with Crippen LogP contribution in [0.25, 0.3) is 5.82 Å². The van der Waals surface area contributed by atoms with E-state index in [2.05, 4.69) is 10.4 Å². The van der Waals surface area contributed by atoms with Crippen molar-refractivity contribution in [2.75, 3.05) is 6.54 Å². The number of aryl methyl sites for hydroxylation is 1. The lowest BCUT2D eigenvalue weighted by Gasteiger charge is -2.17. The fourth-order valence-electron chi connectivity index (χ4n) is 2.87. The number of nitrogens with one attached hydrogen (secondary N) is 1. The van der Waals surface area contributed by atoms with E-state index in [0.717, 1.165) is 5.56 Å². The third-order valence-corrected chi connectivity index (χ3v) is 5.12. The summed E-state index contributed by atoms with van der Waals surface area (Å²) in [7, 11) is 1.68. The Morgan fingerprint density at radius 1 is 1.32 bits per heavy atom. The molecule has 0 fully saturated rings. The third kappa shape index (κ3) is 4.17. The van der Waals surface area contributed by atoms with Gasteiger partial charge in [-0.3, -0.25) is 14.0 Å². The molecule has 3 N–H and O–H groups in total. The first-order valence-corrected chi connectivity index (χ1v) is 9.45. The first-order chi connectivity index (χ1) is 13.3. The Bertz CT molecular complexity index is 997. The van der Waals surface area contributed by atoms with E-state index in [1.807, 2.05) is 0 Å². The smallest absolute Gasteiger partial charge is 0.254 e. The summed E-state index contributed by atoms with van der Waals surface area (Å²) in [6.07, 6.45) is 1.83. The van der Waals surface area contributed by atoms with E-state index < -0.39 is 11.9 Å². The molecule has 1 amide bonds. The second-order valence-corrected chi connectivity index (χ2v) is 7.34. The number of nitrogens with zero attached hydrogens (tertiary/aromatic N) is 3. The summed E-state index contributed by atoms with van der Waals surface area (Å²) in [4.78, 5) is 12.7. The predicted molar refractivity (Wildman–Crippen MR) is 108 cm³/mol. The van der Waals surface area contributed by atoms with Crippen LogP contribution < -0.4 is 11.1 Å². The van der Waals surface area contributed by atoms with Crippen LogP contribution in [0.4, 0.5) is 4.39 Å². The SMILES string of the molecule is Cn1ncc(Cl)c1-n1c(Cl)cc(C(=O)N[C@H](CN)Cc2cccc(F)c2)c1Cl. The van der Waals surface area contributed by atoms with Crippen LogP contribution in [-0.2, 0) is 13.5 Å². The summed E-state index contributed by atoms with van der Waals surface area (Å²) < 4.78 is 16.3. The van der Waals surface area contributed by atoms with Gasteiger partial charge in [0.2, 0.25) is 0 Å². The third-order valence-electron chi connectivity index (χ3n) is 4.21. The van der Waals surface area contributed by atoms with Gasteiger partial charge in [0.1, 0.15) is 21.1 Å². The number of halogens is 4. The normalized spacial score (nSPS) is 12.2. The van der Waals surface area contributed by atoms with Crippen LogP contribution in [-0.4, -0.2) is 32.8 Å². The zero-order valence-electron chi connectivity index (χ0n) is 14.8. The Kier molecular flexibility index (Phi) is 6.30. The molecule has 0 unspecified atom stereocenters. The molecule has 1 aromatic carbocycles. The van der Waals surface area contributed by atoms with Crippen molar-refractivity contribution in [1.82, 2.24) is 19.7 Å². The van der Waals surface area contributed by atoms with Gasteiger partial charge in [-0.2, -0.15) is 5.10 Å². The largest absolute Gasteiger partial charge is 0.348 e. The molecule has 28 heavy (non-hydrogen) atoms. The van der Waals surface area contributed by atoms with Crippen LogP contribution in [0, 0.1) is 5.82 Å². The van der Waals surface area contributed by atoms with Gasteiger partial charge >= 0.3 is 0 Å². The molecular weight excluding hydrogens is 428 g/mol. The van der Waals surface area contributed by atoms with E-state index in [0.29, 0.717) is 17.3 Å². The Morgan fingerprint density at radius 2 is 2.07 bits per heavy atom. The Hall–Kier alpha value is -2.06. The molecule has 0 saturated heterocycles. The molecule has 0 aliphatic carbocycles. The topological polar surface area (TPSA) is 77.9 Å². The number of hydrogen-bond donors (Lipinski definition) is 2. The minimum atomic E-state index is -0.448. The fraction of sp³-hybridized carbons (Fsp3) is 0.222. The molecule has 3 rings (SSSR count). The molecule has 0 aliphatic heterocycles. The van der Waals surface area contributed by atoms with E-state index in [9.17, 15) is 9.18 Å². The highest BCUT2D eigenvalue weighted by atomic mass is 35.5. The minimum Gasteiger partial charge on any atom is -0.348 e. The second-order valence-electron chi connectivity index (χ2n) is 6.19. The Balaban J connectivity index is 1.83. The molecule has 148 valence electrons. The van der Waals surface area contributed by atoms with Crippen molar-refractivity contribution in [2.45, 2.75) is 12.5 Å². The molecule has 2 heterocycles. The van der Waals surface area contributed by atoms with Crippen molar-refractivity contribution in [3.8, 4) is 5.82 Å². The zero-order chi connectivity index (χ0) is 20.4. The molecule has 1 atom stereocenters. The molecule has 3 aromatic rings. The monoisotopic (exact) mass is 443 g/mol. The lowest BCUT2D eigenvalue weighted by molar-refractivity contribution is 0.0938. The van der Waals surface area contributed by atoms with Gasteiger partial charge in [-0.25, -0.2) is 4.39 Å². The molecule has 0 saturated carbocycles. The number of carbonyl (C=O) groups is 1. The summed E-state index contributed by atoms with van der Waals surface area (Å²) in [6.45, 7) is 0.169. The highest BCUT2D eigenvalue weighted by Gasteiger charge is 2.24. The van der Waals surface area contributed by atoms with Gasteiger partial charge < -0.3 is 11.1 Å². The van der Waals surface area contributed by atoms with E-state index in [-0.39, 0.29) is 28.2 Å². The van der Waals surface area contributed by atoms with Gasteiger partial charge in [-0.1, -0.05) is 46.9 Å². The quantitative estimate of drug-likeness (QED) is 0.610. The number of benzene rings is 1. The average molecular weight is 445 g/mol. The molecule has 2 aromatic heterocycles. The summed E-state index contributed by atoms with van der Waals surface area (Å²) in [5, 5.41) is 7.48. The van der Waals surface area contributed by atoms with Crippen LogP contribution in [0.5, 0.6) is 0 Å². The lowest BCUT2D eigenvalue weighted by atomic mass is 10.1. The molecular formula is C18H17Cl3FN5O. The number of amides is 1. The van der Waals surface area contributed by atoms with Crippen molar-refractivity contribution >= 4 is 40.7 Å².